The molecule has 0 bridgehead atoms. The molecule has 3 N–H and O–H groups in total. The number of hydrogen-bond acceptors (Lipinski definition) is 7. The Balaban J connectivity index is 1.54. The number of rotatable bonds is 6. The van der Waals surface area contributed by atoms with Gasteiger partial charge in [0.05, 0.1) is 28.6 Å². The summed E-state index contributed by atoms with van der Waals surface area (Å²) in [5.41, 5.74) is 9.06. The number of nitrogens with two attached hydrogens (primary N) is 1. The minimum Gasteiger partial charge on any atom is -0.383 e. The van der Waals surface area contributed by atoms with Gasteiger partial charge in [-0.3, -0.25) is 0 Å². The second-order valence-electron chi connectivity index (χ2n) is 7.12. The summed E-state index contributed by atoms with van der Waals surface area (Å²) >= 11 is 1.63. The summed E-state index contributed by atoms with van der Waals surface area (Å²) in [6, 6.07) is 14.2. The van der Waals surface area contributed by atoms with E-state index in [0.29, 0.717) is 30.5 Å². The standard InChI is InChI=1S/C21H22N6OS/c22-19-17-18(16-9-5-11-29-16)24-21(23-12-15-8-4-10-28-15)25-20(17)26-27(19)13-14-6-2-1-3-7-14/h1-3,5-7,9,11,15H,4,8,10,12-13,22H2,(H,23,25,26)/t15-/m1/s1. The molecule has 8 heteroatoms. The number of hydrogen-bond donors (Lipinski definition) is 2. The monoisotopic (exact) mass is 406 g/mol. The van der Waals surface area contributed by atoms with Crippen LogP contribution in [0.4, 0.5) is 11.8 Å². The maximum absolute atomic E-state index is 6.50. The van der Waals surface area contributed by atoms with Gasteiger partial charge in [-0.05, 0) is 29.9 Å². The molecule has 7 nitrogen and oxygen atoms in total. The summed E-state index contributed by atoms with van der Waals surface area (Å²) in [6.07, 6.45) is 2.37. The molecule has 1 aliphatic rings. The summed E-state index contributed by atoms with van der Waals surface area (Å²) in [4.78, 5) is 10.5. The van der Waals surface area contributed by atoms with E-state index < -0.39 is 0 Å². The Morgan fingerprint density at radius 3 is 2.83 bits per heavy atom. The van der Waals surface area contributed by atoms with Crippen molar-refractivity contribution in [3.8, 4) is 10.6 Å². The van der Waals surface area contributed by atoms with Gasteiger partial charge in [0.1, 0.15) is 5.82 Å². The quantitative estimate of drug-likeness (QED) is 0.506. The molecule has 29 heavy (non-hydrogen) atoms. The number of benzene rings is 1. The van der Waals surface area contributed by atoms with Crippen molar-refractivity contribution < 1.29 is 4.74 Å². The van der Waals surface area contributed by atoms with E-state index in [2.05, 4.69) is 22.4 Å². The molecule has 1 aromatic carbocycles. The van der Waals surface area contributed by atoms with E-state index in [-0.39, 0.29) is 6.10 Å². The van der Waals surface area contributed by atoms with Crippen molar-refractivity contribution in [2.24, 2.45) is 0 Å². The van der Waals surface area contributed by atoms with Gasteiger partial charge in [0.25, 0.3) is 0 Å². The van der Waals surface area contributed by atoms with Gasteiger partial charge in [0.2, 0.25) is 5.95 Å². The first-order valence-electron chi connectivity index (χ1n) is 9.75. The number of fused-ring (bicyclic) bond motifs is 1. The third kappa shape index (κ3) is 3.68. The summed E-state index contributed by atoms with van der Waals surface area (Å²) in [7, 11) is 0. The van der Waals surface area contributed by atoms with Gasteiger partial charge in [-0.25, -0.2) is 9.67 Å². The first-order chi connectivity index (χ1) is 14.3. The number of aromatic nitrogens is 4. The van der Waals surface area contributed by atoms with E-state index in [1.54, 1.807) is 16.0 Å². The van der Waals surface area contributed by atoms with Crippen molar-refractivity contribution >= 4 is 34.1 Å². The third-order valence-electron chi connectivity index (χ3n) is 5.08. The number of thiophene rings is 1. The number of anilines is 2. The summed E-state index contributed by atoms with van der Waals surface area (Å²) in [5, 5.41) is 10.9. The molecular weight excluding hydrogens is 384 g/mol. The first kappa shape index (κ1) is 18.1. The number of ether oxygens (including phenoxy) is 1. The molecule has 4 heterocycles. The highest BCUT2D eigenvalue weighted by Gasteiger charge is 2.20. The molecule has 148 valence electrons. The first-order valence-corrected chi connectivity index (χ1v) is 10.6. The number of nitrogens with zero attached hydrogens (tertiary/aromatic N) is 4. The largest absolute Gasteiger partial charge is 0.383 e. The molecule has 5 rings (SSSR count). The topological polar surface area (TPSA) is 90.9 Å². The van der Waals surface area contributed by atoms with Gasteiger partial charge < -0.3 is 15.8 Å². The Morgan fingerprint density at radius 1 is 1.17 bits per heavy atom. The SMILES string of the molecule is Nc1c2c(-c3cccs3)nc(NC[C@H]3CCCO3)nc2nn1Cc1ccccc1. The lowest BCUT2D eigenvalue weighted by molar-refractivity contribution is 0.120. The van der Waals surface area contributed by atoms with Gasteiger partial charge in [0, 0.05) is 13.2 Å². The maximum Gasteiger partial charge on any atom is 0.225 e. The average Bonchev–Trinajstić information content (AvgIpc) is 3.50. The number of nitrogens with one attached hydrogen (secondary N) is 1. The van der Waals surface area contributed by atoms with Crippen LogP contribution in [0, 0.1) is 0 Å². The second-order valence-corrected chi connectivity index (χ2v) is 8.06. The minimum absolute atomic E-state index is 0.209. The lowest BCUT2D eigenvalue weighted by atomic mass is 10.2. The van der Waals surface area contributed by atoms with Crippen LogP contribution in [0.5, 0.6) is 0 Å². The van der Waals surface area contributed by atoms with Gasteiger partial charge in [0.15, 0.2) is 5.65 Å². The molecule has 0 unspecified atom stereocenters. The van der Waals surface area contributed by atoms with E-state index in [0.717, 1.165) is 41.0 Å². The fraction of sp³-hybridized carbons (Fsp3) is 0.286. The van der Waals surface area contributed by atoms with Crippen LogP contribution in [0.3, 0.4) is 0 Å². The highest BCUT2D eigenvalue weighted by Crippen LogP contribution is 2.34. The molecular formula is C21H22N6OS. The Morgan fingerprint density at radius 2 is 2.07 bits per heavy atom. The fourth-order valence-electron chi connectivity index (χ4n) is 3.61. The summed E-state index contributed by atoms with van der Waals surface area (Å²) < 4.78 is 7.50. The van der Waals surface area contributed by atoms with Crippen LogP contribution in [-0.4, -0.2) is 39.0 Å². The van der Waals surface area contributed by atoms with Crippen molar-refractivity contribution in [3.05, 3.63) is 53.4 Å². The highest BCUT2D eigenvalue weighted by atomic mass is 32.1. The zero-order valence-electron chi connectivity index (χ0n) is 15.9. The molecule has 4 aromatic rings. The van der Waals surface area contributed by atoms with Crippen LogP contribution in [0.2, 0.25) is 0 Å². The van der Waals surface area contributed by atoms with Crippen molar-refractivity contribution in [2.45, 2.75) is 25.5 Å². The Bertz CT molecular complexity index is 1100. The molecule has 0 saturated carbocycles. The van der Waals surface area contributed by atoms with Crippen LogP contribution in [0.15, 0.2) is 47.8 Å². The lowest BCUT2D eigenvalue weighted by Gasteiger charge is -2.11. The third-order valence-corrected chi connectivity index (χ3v) is 5.96. The zero-order chi connectivity index (χ0) is 19.6. The van der Waals surface area contributed by atoms with Gasteiger partial charge in [-0.15, -0.1) is 16.4 Å². The smallest absolute Gasteiger partial charge is 0.225 e. The molecule has 1 atom stereocenters. The second kappa shape index (κ2) is 7.81. The molecule has 3 aromatic heterocycles. The van der Waals surface area contributed by atoms with Crippen LogP contribution in [-0.2, 0) is 11.3 Å². The van der Waals surface area contributed by atoms with Crippen LogP contribution >= 0.6 is 11.3 Å². The van der Waals surface area contributed by atoms with Gasteiger partial charge in [-0.2, -0.15) is 4.98 Å². The molecule has 0 amide bonds. The maximum atomic E-state index is 6.50. The predicted octanol–water partition coefficient (Wildman–Crippen LogP) is 3.78. The molecule has 1 fully saturated rings. The Kier molecular flexibility index (Phi) is 4.87. The molecule has 0 spiro atoms. The van der Waals surface area contributed by atoms with E-state index >= 15 is 0 Å². The van der Waals surface area contributed by atoms with E-state index in [1.165, 1.54) is 0 Å². The van der Waals surface area contributed by atoms with E-state index in [1.807, 2.05) is 35.7 Å². The predicted molar refractivity (Wildman–Crippen MR) is 116 cm³/mol. The van der Waals surface area contributed by atoms with Crippen molar-refractivity contribution in [1.82, 2.24) is 19.7 Å². The van der Waals surface area contributed by atoms with Gasteiger partial charge in [-0.1, -0.05) is 36.4 Å². The highest BCUT2D eigenvalue weighted by molar-refractivity contribution is 7.13. The molecule has 1 aliphatic heterocycles. The van der Waals surface area contributed by atoms with Crippen LogP contribution < -0.4 is 11.1 Å². The molecule has 0 radical (unpaired) electrons. The van der Waals surface area contributed by atoms with E-state index in [9.17, 15) is 0 Å². The molecule has 0 aliphatic carbocycles. The van der Waals surface area contributed by atoms with E-state index in [4.69, 9.17) is 20.6 Å². The van der Waals surface area contributed by atoms with Crippen LogP contribution in [0.1, 0.15) is 18.4 Å². The van der Waals surface area contributed by atoms with Crippen LogP contribution in [0.25, 0.3) is 21.6 Å². The Labute approximate surface area is 172 Å². The lowest BCUT2D eigenvalue weighted by Crippen LogP contribution is -2.19. The normalized spacial score (nSPS) is 16.5. The average molecular weight is 407 g/mol. The number of nitrogen functional groups attached to an aromatic ring is 1. The Hall–Kier alpha value is -2.97. The van der Waals surface area contributed by atoms with Gasteiger partial charge >= 0.3 is 0 Å². The minimum atomic E-state index is 0.209. The van der Waals surface area contributed by atoms with Crippen molar-refractivity contribution in [3.63, 3.8) is 0 Å². The zero-order valence-corrected chi connectivity index (χ0v) is 16.7. The summed E-state index contributed by atoms with van der Waals surface area (Å²) in [6.45, 7) is 2.11. The van der Waals surface area contributed by atoms with Crippen molar-refractivity contribution in [2.75, 3.05) is 24.2 Å². The summed E-state index contributed by atoms with van der Waals surface area (Å²) in [5.74, 6) is 1.14. The fourth-order valence-corrected chi connectivity index (χ4v) is 4.33. The van der Waals surface area contributed by atoms with Crippen molar-refractivity contribution in [1.29, 1.82) is 0 Å². The molecule has 1 saturated heterocycles.